The van der Waals surface area contributed by atoms with E-state index >= 15 is 0 Å². The van der Waals surface area contributed by atoms with Gasteiger partial charge in [-0.05, 0) is 30.3 Å². The molecule has 0 unspecified atom stereocenters. The number of furan rings is 1. The van der Waals surface area contributed by atoms with Crippen LogP contribution in [-0.4, -0.2) is 28.2 Å². The van der Waals surface area contributed by atoms with Gasteiger partial charge in [0.25, 0.3) is 11.8 Å². The van der Waals surface area contributed by atoms with Gasteiger partial charge in [0.2, 0.25) is 0 Å². The fourth-order valence-electron chi connectivity index (χ4n) is 2.97. The second-order valence-corrected chi connectivity index (χ2v) is 7.49. The Morgan fingerprint density at radius 2 is 1.90 bits per heavy atom. The van der Waals surface area contributed by atoms with Crippen LogP contribution in [0, 0.1) is 0 Å². The predicted molar refractivity (Wildman–Crippen MR) is 98.7 cm³/mol. The molecule has 10 heteroatoms. The van der Waals surface area contributed by atoms with Gasteiger partial charge in [-0.3, -0.25) is 14.9 Å². The normalized spacial score (nSPS) is 13.8. The molecule has 1 aliphatic heterocycles. The van der Waals surface area contributed by atoms with Gasteiger partial charge < -0.3 is 9.32 Å². The Kier molecular flexibility index (Phi) is 4.87. The molecule has 1 N–H and O–H groups in total. The van der Waals surface area contributed by atoms with Crippen LogP contribution in [0.5, 0.6) is 0 Å². The molecule has 6 nitrogen and oxygen atoms in total. The lowest BCUT2D eigenvalue weighted by Crippen LogP contribution is -2.35. The van der Waals surface area contributed by atoms with Crippen LogP contribution >= 0.6 is 11.3 Å². The molecule has 3 heterocycles. The Labute approximate surface area is 167 Å². The summed E-state index contributed by atoms with van der Waals surface area (Å²) in [6.07, 6.45) is -1.22. The van der Waals surface area contributed by atoms with Crippen LogP contribution in [0.4, 0.5) is 18.3 Å². The van der Waals surface area contributed by atoms with Gasteiger partial charge in [-0.2, -0.15) is 13.2 Å². The van der Waals surface area contributed by atoms with Crippen LogP contribution in [-0.2, 0) is 19.1 Å². The van der Waals surface area contributed by atoms with Gasteiger partial charge in [-0.1, -0.05) is 11.3 Å². The third-order valence-electron chi connectivity index (χ3n) is 4.48. The Balaban J connectivity index is 1.45. The van der Waals surface area contributed by atoms with E-state index in [-0.39, 0.29) is 23.9 Å². The second-order valence-electron chi connectivity index (χ2n) is 6.41. The van der Waals surface area contributed by atoms with E-state index in [2.05, 4.69) is 10.3 Å². The number of nitrogens with one attached hydrogen (secondary N) is 1. The van der Waals surface area contributed by atoms with Gasteiger partial charge in [-0.15, -0.1) is 0 Å². The highest BCUT2D eigenvalue weighted by Gasteiger charge is 2.31. The first kappa shape index (κ1) is 19.2. The second kappa shape index (κ2) is 7.36. The van der Waals surface area contributed by atoms with Crippen LogP contribution in [0.1, 0.15) is 36.9 Å². The Morgan fingerprint density at radius 3 is 2.55 bits per heavy atom. The summed E-state index contributed by atoms with van der Waals surface area (Å²) in [5.74, 6) is -0.690. The first-order chi connectivity index (χ1) is 13.8. The fraction of sp³-hybridized carbons (Fsp3) is 0.211. The van der Waals surface area contributed by atoms with Crippen molar-refractivity contribution in [2.45, 2.75) is 19.1 Å². The first-order valence-corrected chi connectivity index (χ1v) is 9.41. The number of anilines is 1. The van der Waals surface area contributed by atoms with Gasteiger partial charge in [0, 0.05) is 23.4 Å². The molecule has 0 spiro atoms. The number of amides is 2. The molecule has 2 aromatic heterocycles. The number of aromatic nitrogens is 1. The van der Waals surface area contributed by atoms with E-state index in [1.54, 1.807) is 4.90 Å². The monoisotopic (exact) mass is 421 g/mol. The molecule has 3 aromatic rings. The topological polar surface area (TPSA) is 75.4 Å². The van der Waals surface area contributed by atoms with E-state index in [0.29, 0.717) is 23.7 Å². The van der Waals surface area contributed by atoms with E-state index in [1.165, 1.54) is 42.1 Å². The van der Waals surface area contributed by atoms with Crippen LogP contribution in [0.3, 0.4) is 0 Å². The zero-order valence-electron chi connectivity index (χ0n) is 14.8. The minimum atomic E-state index is -4.44. The number of benzene rings is 1. The number of rotatable bonds is 3. The van der Waals surface area contributed by atoms with Crippen LogP contribution in [0.2, 0.25) is 0 Å². The summed E-state index contributed by atoms with van der Waals surface area (Å²) in [4.78, 5) is 31.5. The average Bonchev–Trinajstić information content (AvgIpc) is 3.35. The number of nitrogens with zero attached hydrogens (tertiary/aromatic N) is 2. The van der Waals surface area contributed by atoms with Crippen molar-refractivity contribution in [3.8, 4) is 0 Å². The molecule has 1 aromatic carbocycles. The summed E-state index contributed by atoms with van der Waals surface area (Å²) in [6, 6.07) is 5.71. The quantitative estimate of drug-likeness (QED) is 0.688. The lowest BCUT2D eigenvalue weighted by molar-refractivity contribution is -0.137. The van der Waals surface area contributed by atoms with Crippen molar-refractivity contribution in [1.82, 2.24) is 9.88 Å². The molecule has 1 aliphatic rings. The van der Waals surface area contributed by atoms with Crippen molar-refractivity contribution in [3.05, 3.63) is 70.1 Å². The lowest BCUT2D eigenvalue weighted by Gasteiger charge is -2.26. The SMILES string of the molecule is O=C(Nc1nc2c(s1)CN(C(=O)c1ccc(C(F)(F)F)cc1)CC2)c1ccoc1. The van der Waals surface area contributed by atoms with Gasteiger partial charge in [0.15, 0.2) is 5.13 Å². The van der Waals surface area contributed by atoms with E-state index in [9.17, 15) is 22.8 Å². The summed E-state index contributed by atoms with van der Waals surface area (Å²) in [6.45, 7) is 0.681. The molecule has 0 saturated heterocycles. The van der Waals surface area contributed by atoms with Crippen molar-refractivity contribution >= 4 is 28.3 Å². The predicted octanol–water partition coefficient (Wildman–Crippen LogP) is 4.21. The number of carbonyl (C=O) groups is 2. The summed E-state index contributed by atoms with van der Waals surface area (Å²) in [5.41, 5.74) is 0.570. The van der Waals surface area contributed by atoms with Crippen molar-refractivity contribution in [3.63, 3.8) is 0 Å². The van der Waals surface area contributed by atoms with Crippen molar-refractivity contribution in [1.29, 1.82) is 0 Å². The number of hydrogen-bond donors (Lipinski definition) is 1. The van der Waals surface area contributed by atoms with Crippen LogP contribution in [0.25, 0.3) is 0 Å². The molecule has 0 radical (unpaired) electrons. The standard InChI is InChI=1S/C19H14F3N3O3S/c20-19(21,22)13-3-1-11(2-4-13)17(27)25-7-5-14-15(9-25)29-18(23-14)24-16(26)12-6-8-28-10-12/h1-4,6,8,10H,5,7,9H2,(H,23,24,26). The third-order valence-corrected chi connectivity index (χ3v) is 5.48. The van der Waals surface area contributed by atoms with Crippen LogP contribution < -0.4 is 5.32 Å². The van der Waals surface area contributed by atoms with Crippen molar-refractivity contribution in [2.24, 2.45) is 0 Å². The fourth-order valence-corrected chi connectivity index (χ4v) is 3.99. The largest absolute Gasteiger partial charge is 0.472 e. The number of carbonyl (C=O) groups excluding carboxylic acids is 2. The highest BCUT2D eigenvalue weighted by atomic mass is 32.1. The van der Waals surface area contributed by atoms with Crippen molar-refractivity contribution < 1.29 is 27.2 Å². The van der Waals surface area contributed by atoms with Gasteiger partial charge in [-0.25, -0.2) is 4.98 Å². The molecule has 0 fully saturated rings. The summed E-state index contributed by atoms with van der Waals surface area (Å²) in [5, 5.41) is 3.12. The average molecular weight is 421 g/mol. The molecule has 0 bridgehead atoms. The van der Waals surface area contributed by atoms with Gasteiger partial charge in [0.1, 0.15) is 6.26 Å². The molecule has 150 valence electrons. The first-order valence-electron chi connectivity index (χ1n) is 8.60. The maximum atomic E-state index is 12.7. The van der Waals surface area contributed by atoms with E-state index in [0.717, 1.165) is 22.7 Å². The van der Waals surface area contributed by atoms with Gasteiger partial charge >= 0.3 is 6.18 Å². The summed E-state index contributed by atoms with van der Waals surface area (Å²) in [7, 11) is 0. The summed E-state index contributed by atoms with van der Waals surface area (Å²) >= 11 is 1.27. The molecule has 0 saturated carbocycles. The molecule has 4 rings (SSSR count). The molecule has 0 aliphatic carbocycles. The minimum Gasteiger partial charge on any atom is -0.472 e. The zero-order valence-corrected chi connectivity index (χ0v) is 15.6. The number of fused-ring (bicyclic) bond motifs is 1. The summed E-state index contributed by atoms with van der Waals surface area (Å²) < 4.78 is 42.9. The number of halogens is 3. The number of thiazole rings is 1. The maximum absolute atomic E-state index is 12.7. The molecular weight excluding hydrogens is 407 g/mol. The maximum Gasteiger partial charge on any atom is 0.416 e. The number of hydrogen-bond acceptors (Lipinski definition) is 5. The third kappa shape index (κ3) is 4.02. The van der Waals surface area contributed by atoms with E-state index in [4.69, 9.17) is 4.42 Å². The molecule has 2 amide bonds. The lowest BCUT2D eigenvalue weighted by atomic mass is 10.1. The van der Waals surface area contributed by atoms with Crippen LogP contribution in [0.15, 0.2) is 47.3 Å². The Morgan fingerprint density at radius 1 is 1.14 bits per heavy atom. The van der Waals surface area contributed by atoms with Gasteiger partial charge in [0.05, 0.1) is 29.6 Å². The zero-order chi connectivity index (χ0) is 20.6. The highest BCUT2D eigenvalue weighted by molar-refractivity contribution is 7.15. The molecule has 0 atom stereocenters. The number of alkyl halides is 3. The van der Waals surface area contributed by atoms with Crippen molar-refractivity contribution in [2.75, 3.05) is 11.9 Å². The smallest absolute Gasteiger partial charge is 0.416 e. The highest BCUT2D eigenvalue weighted by Crippen LogP contribution is 2.31. The molecule has 29 heavy (non-hydrogen) atoms. The minimum absolute atomic E-state index is 0.194. The Bertz CT molecular complexity index is 1040. The van der Waals surface area contributed by atoms with E-state index < -0.39 is 11.7 Å². The van der Waals surface area contributed by atoms with E-state index in [1.807, 2.05) is 0 Å². The molecular formula is C19H14F3N3O3S. The Hall–Kier alpha value is -3.14.